The quantitative estimate of drug-likeness (QED) is 0.368. The van der Waals surface area contributed by atoms with E-state index in [1.165, 1.54) is 0 Å². The number of carbonyl (C=O) groups excluding carboxylic acids is 1. The van der Waals surface area contributed by atoms with Crippen molar-refractivity contribution in [3.8, 4) is 0 Å². The number of carbonyl (C=O) groups is 1. The molecule has 76 valence electrons. The summed E-state index contributed by atoms with van der Waals surface area (Å²) >= 11 is 7.31. The summed E-state index contributed by atoms with van der Waals surface area (Å²) in [6, 6.07) is 0. The van der Waals surface area contributed by atoms with Crippen molar-refractivity contribution < 1.29 is 13.6 Å². The monoisotopic (exact) mass is 331 g/mol. The Bertz CT molecular complexity index is 359. The molecule has 0 aliphatic heterocycles. The lowest BCUT2D eigenvalue weighted by Gasteiger charge is -2.08. The highest BCUT2D eigenvalue weighted by molar-refractivity contribution is 14.1. The fraction of sp³-hybridized carbons (Fsp3) is 0.250. The van der Waals surface area contributed by atoms with Gasteiger partial charge in [-0.05, 0) is 28.2 Å². The molecular weight excluding hydrogens is 326 g/mol. The molecule has 0 spiro atoms. The van der Waals surface area contributed by atoms with Crippen molar-refractivity contribution in [1.29, 1.82) is 0 Å². The zero-order chi connectivity index (χ0) is 10.7. The van der Waals surface area contributed by atoms with E-state index < -0.39 is 6.43 Å². The Kier molecular flexibility index (Phi) is 4.18. The van der Waals surface area contributed by atoms with Crippen molar-refractivity contribution >= 4 is 40.5 Å². The Balaban J connectivity index is 3.40. The largest absolute Gasteiger partial charge is 0.298 e. The van der Waals surface area contributed by atoms with E-state index in [-0.39, 0.29) is 22.6 Å². The molecule has 0 unspecified atom stereocenters. The lowest BCUT2D eigenvalue weighted by molar-refractivity contribution is 0.112. The molecule has 0 atom stereocenters. The first-order valence-corrected chi connectivity index (χ1v) is 5.19. The Morgan fingerprint density at radius 1 is 1.64 bits per heavy atom. The summed E-state index contributed by atoms with van der Waals surface area (Å²) in [6.07, 6.45) is -1.11. The molecule has 1 aromatic rings. The predicted molar refractivity (Wildman–Crippen MR) is 56.9 cm³/mol. The van der Waals surface area contributed by atoms with Crippen LogP contribution < -0.4 is 0 Å². The second-order valence-electron chi connectivity index (χ2n) is 2.45. The highest BCUT2D eigenvalue weighted by atomic mass is 127. The van der Waals surface area contributed by atoms with E-state index >= 15 is 0 Å². The highest BCUT2D eigenvalue weighted by Crippen LogP contribution is 2.27. The average molecular weight is 331 g/mol. The number of halogens is 4. The van der Waals surface area contributed by atoms with E-state index in [0.717, 1.165) is 6.20 Å². The molecular formula is C8H5ClF2INO. The van der Waals surface area contributed by atoms with Crippen molar-refractivity contribution in [2.45, 2.75) is 12.3 Å². The minimum Gasteiger partial charge on any atom is -0.298 e. The molecule has 0 bridgehead atoms. The van der Waals surface area contributed by atoms with E-state index in [9.17, 15) is 13.6 Å². The fourth-order valence-corrected chi connectivity index (χ4v) is 1.90. The van der Waals surface area contributed by atoms with Gasteiger partial charge in [0.1, 0.15) is 3.70 Å². The number of aromatic nitrogens is 1. The summed E-state index contributed by atoms with van der Waals surface area (Å²) in [4.78, 5) is 14.3. The normalized spacial score (nSPS) is 10.6. The zero-order valence-electron chi connectivity index (χ0n) is 6.81. The molecule has 0 saturated heterocycles. The molecule has 2 nitrogen and oxygen atoms in total. The van der Waals surface area contributed by atoms with Gasteiger partial charge >= 0.3 is 0 Å². The van der Waals surface area contributed by atoms with E-state index in [0.29, 0.717) is 9.99 Å². The van der Waals surface area contributed by atoms with Crippen molar-refractivity contribution in [2.24, 2.45) is 0 Å². The van der Waals surface area contributed by atoms with Crippen LogP contribution in [0.4, 0.5) is 8.78 Å². The Morgan fingerprint density at radius 2 is 2.29 bits per heavy atom. The van der Waals surface area contributed by atoms with Gasteiger partial charge < -0.3 is 0 Å². The minimum absolute atomic E-state index is 0.119. The van der Waals surface area contributed by atoms with Gasteiger partial charge in [0.15, 0.2) is 6.29 Å². The maximum absolute atomic E-state index is 12.4. The average Bonchev–Trinajstić information content (AvgIpc) is 2.16. The van der Waals surface area contributed by atoms with Crippen LogP contribution in [-0.2, 0) is 5.88 Å². The minimum atomic E-state index is -2.66. The number of aldehydes is 1. The van der Waals surface area contributed by atoms with Crippen LogP contribution in [0.1, 0.15) is 27.9 Å². The van der Waals surface area contributed by atoms with Gasteiger partial charge in [-0.3, -0.25) is 4.79 Å². The van der Waals surface area contributed by atoms with Crippen LogP contribution in [0.2, 0.25) is 0 Å². The highest BCUT2D eigenvalue weighted by Gasteiger charge is 2.18. The number of nitrogens with zero attached hydrogens (tertiary/aromatic N) is 1. The maximum Gasteiger partial charge on any atom is 0.265 e. The first-order valence-electron chi connectivity index (χ1n) is 3.58. The third kappa shape index (κ3) is 2.20. The molecule has 1 aromatic heterocycles. The number of pyridine rings is 1. The SMILES string of the molecule is O=Cc1c(I)ncc(C(F)F)c1CCl. The Hall–Kier alpha value is -0.300. The second kappa shape index (κ2) is 4.97. The lowest BCUT2D eigenvalue weighted by atomic mass is 10.1. The first-order chi connectivity index (χ1) is 6.61. The Labute approximate surface area is 97.8 Å². The third-order valence-corrected chi connectivity index (χ3v) is 2.83. The second-order valence-corrected chi connectivity index (χ2v) is 3.74. The summed E-state index contributed by atoms with van der Waals surface area (Å²) in [5, 5.41) is 0. The maximum atomic E-state index is 12.4. The molecule has 0 saturated carbocycles. The molecule has 1 rings (SSSR count). The van der Waals surface area contributed by atoms with Gasteiger partial charge in [0.05, 0.1) is 5.56 Å². The molecule has 0 amide bonds. The molecule has 0 aromatic carbocycles. The van der Waals surface area contributed by atoms with Crippen LogP contribution in [0, 0.1) is 3.70 Å². The topological polar surface area (TPSA) is 30.0 Å². The molecule has 0 radical (unpaired) electrons. The summed E-state index contributed by atoms with van der Waals surface area (Å²) in [7, 11) is 0. The van der Waals surface area contributed by atoms with Gasteiger partial charge in [-0.1, -0.05) is 0 Å². The van der Waals surface area contributed by atoms with Crippen LogP contribution in [0.5, 0.6) is 0 Å². The van der Waals surface area contributed by atoms with Gasteiger partial charge in [-0.15, -0.1) is 11.6 Å². The molecule has 0 N–H and O–H groups in total. The van der Waals surface area contributed by atoms with Gasteiger partial charge in [-0.25, -0.2) is 13.8 Å². The van der Waals surface area contributed by atoms with Crippen molar-refractivity contribution in [1.82, 2.24) is 4.98 Å². The predicted octanol–water partition coefficient (Wildman–Crippen LogP) is 3.18. The van der Waals surface area contributed by atoms with Gasteiger partial charge in [0, 0.05) is 17.6 Å². The molecule has 0 aliphatic carbocycles. The third-order valence-electron chi connectivity index (χ3n) is 1.70. The molecule has 6 heteroatoms. The summed E-state index contributed by atoms with van der Waals surface area (Å²) in [5.74, 6) is -0.119. The standard InChI is InChI=1S/C8H5ClF2INO/c9-1-4-5(7(10)11)2-13-8(12)6(4)3-14/h2-3,7H,1H2. The van der Waals surface area contributed by atoms with Crippen molar-refractivity contribution in [2.75, 3.05) is 0 Å². The summed E-state index contributed by atoms with van der Waals surface area (Å²) in [6.45, 7) is 0. The number of rotatable bonds is 3. The van der Waals surface area contributed by atoms with Crippen LogP contribution in [0.25, 0.3) is 0 Å². The van der Waals surface area contributed by atoms with E-state index in [2.05, 4.69) is 4.98 Å². The van der Waals surface area contributed by atoms with Gasteiger partial charge in [0.25, 0.3) is 6.43 Å². The van der Waals surface area contributed by atoms with Gasteiger partial charge in [0.2, 0.25) is 0 Å². The number of hydrogen-bond acceptors (Lipinski definition) is 2. The Morgan fingerprint density at radius 3 is 2.71 bits per heavy atom. The zero-order valence-corrected chi connectivity index (χ0v) is 9.72. The lowest BCUT2D eigenvalue weighted by Crippen LogP contribution is -2.03. The van der Waals surface area contributed by atoms with Crippen molar-refractivity contribution in [3.05, 3.63) is 26.6 Å². The molecule has 14 heavy (non-hydrogen) atoms. The van der Waals surface area contributed by atoms with E-state index in [4.69, 9.17) is 11.6 Å². The number of alkyl halides is 3. The van der Waals surface area contributed by atoms with Crippen LogP contribution in [0.3, 0.4) is 0 Å². The van der Waals surface area contributed by atoms with Crippen LogP contribution in [0.15, 0.2) is 6.20 Å². The van der Waals surface area contributed by atoms with Crippen LogP contribution >= 0.6 is 34.2 Å². The molecule has 0 aliphatic rings. The number of hydrogen-bond donors (Lipinski definition) is 0. The summed E-state index contributed by atoms with van der Waals surface area (Å²) < 4.78 is 25.3. The van der Waals surface area contributed by atoms with Crippen LogP contribution in [-0.4, -0.2) is 11.3 Å². The fourth-order valence-electron chi connectivity index (χ4n) is 1.01. The summed E-state index contributed by atoms with van der Waals surface area (Å²) in [5.41, 5.74) is 0.0389. The smallest absolute Gasteiger partial charge is 0.265 e. The van der Waals surface area contributed by atoms with E-state index in [1.807, 2.05) is 0 Å². The molecule has 1 heterocycles. The van der Waals surface area contributed by atoms with Gasteiger partial charge in [-0.2, -0.15) is 0 Å². The van der Waals surface area contributed by atoms with Crippen molar-refractivity contribution in [3.63, 3.8) is 0 Å². The van der Waals surface area contributed by atoms with E-state index in [1.54, 1.807) is 22.6 Å². The molecule has 0 fully saturated rings. The first kappa shape index (κ1) is 11.8.